The predicted molar refractivity (Wildman–Crippen MR) is 106 cm³/mol. The van der Waals surface area contributed by atoms with Crippen molar-refractivity contribution in [3.8, 4) is 0 Å². The number of non-ortho nitro benzene ring substituents is 1. The lowest BCUT2D eigenvalue weighted by Crippen LogP contribution is -2.33. The average molecular weight is 400 g/mol. The summed E-state index contributed by atoms with van der Waals surface area (Å²) in [5, 5.41) is 22.5. The van der Waals surface area contributed by atoms with Gasteiger partial charge in [0.15, 0.2) is 5.17 Å². The van der Waals surface area contributed by atoms with E-state index in [0.29, 0.717) is 29.6 Å². The number of amides is 1. The molecule has 0 aliphatic carbocycles. The van der Waals surface area contributed by atoms with Crippen molar-refractivity contribution in [2.45, 2.75) is 12.7 Å². The zero-order valence-corrected chi connectivity index (χ0v) is 15.7. The normalized spacial score (nSPS) is 13.3. The molecule has 2 aromatic rings. The van der Waals surface area contributed by atoms with Crippen LogP contribution in [0.15, 0.2) is 47.5 Å². The van der Waals surface area contributed by atoms with E-state index in [9.17, 15) is 25.0 Å². The van der Waals surface area contributed by atoms with E-state index in [1.165, 1.54) is 40.9 Å². The van der Waals surface area contributed by atoms with Crippen LogP contribution in [0.5, 0.6) is 0 Å². The van der Waals surface area contributed by atoms with Crippen molar-refractivity contribution in [1.29, 1.82) is 0 Å². The van der Waals surface area contributed by atoms with Gasteiger partial charge in [-0.05, 0) is 18.6 Å². The smallest absolute Gasteiger partial charge is 0.273 e. The molecule has 0 saturated heterocycles. The van der Waals surface area contributed by atoms with Crippen LogP contribution in [0.1, 0.15) is 21.5 Å². The molecule has 0 N–H and O–H groups in total. The number of hydrogen-bond donors (Lipinski definition) is 0. The summed E-state index contributed by atoms with van der Waals surface area (Å²) in [6.45, 7) is 2.38. The standard InChI is InChI=1S/C18H16N4O5S/c1-12-15(6-3-7-16(12)22(26)27)17(23)20-9-8-19-18(20)28-11-13-4-2-5-14(10-13)21(24)25/h2-7,10H,8-9,11H2,1H3. The van der Waals surface area contributed by atoms with Gasteiger partial charge >= 0.3 is 0 Å². The van der Waals surface area contributed by atoms with Crippen LogP contribution in [-0.2, 0) is 5.75 Å². The summed E-state index contributed by atoms with van der Waals surface area (Å²) in [5.74, 6) is 0.0714. The highest BCUT2D eigenvalue weighted by molar-refractivity contribution is 8.13. The molecule has 0 spiro atoms. The number of carbonyl (C=O) groups excluding carboxylic acids is 1. The third-order valence-corrected chi connectivity index (χ3v) is 5.35. The molecular formula is C18H16N4O5S. The van der Waals surface area contributed by atoms with Crippen LogP contribution in [0, 0.1) is 27.2 Å². The molecule has 0 saturated carbocycles. The number of thioether (sulfide) groups is 1. The van der Waals surface area contributed by atoms with Gasteiger partial charge in [-0.3, -0.25) is 34.9 Å². The van der Waals surface area contributed by atoms with Crippen LogP contribution in [0.25, 0.3) is 0 Å². The molecule has 28 heavy (non-hydrogen) atoms. The number of amidine groups is 1. The maximum Gasteiger partial charge on any atom is 0.273 e. The quantitative estimate of drug-likeness (QED) is 0.559. The minimum absolute atomic E-state index is 0.00612. The molecule has 0 unspecified atom stereocenters. The van der Waals surface area contributed by atoms with Crippen LogP contribution in [0.2, 0.25) is 0 Å². The average Bonchev–Trinajstić information content (AvgIpc) is 3.14. The molecule has 1 aliphatic heterocycles. The van der Waals surface area contributed by atoms with Gasteiger partial charge in [-0.1, -0.05) is 30.0 Å². The van der Waals surface area contributed by atoms with E-state index in [2.05, 4.69) is 4.99 Å². The summed E-state index contributed by atoms with van der Waals surface area (Å²) in [7, 11) is 0. The second kappa shape index (κ2) is 8.17. The Labute approximate surface area is 164 Å². The summed E-state index contributed by atoms with van der Waals surface area (Å²) >= 11 is 1.30. The molecule has 0 aromatic heterocycles. The Hall–Kier alpha value is -3.27. The first-order valence-corrected chi connectivity index (χ1v) is 9.33. The maximum atomic E-state index is 12.9. The molecular weight excluding hydrogens is 384 g/mol. The van der Waals surface area contributed by atoms with Crippen molar-refractivity contribution in [1.82, 2.24) is 4.90 Å². The van der Waals surface area contributed by atoms with Gasteiger partial charge < -0.3 is 0 Å². The van der Waals surface area contributed by atoms with Crippen molar-refractivity contribution in [3.05, 3.63) is 79.4 Å². The van der Waals surface area contributed by atoms with Gasteiger partial charge in [-0.25, -0.2) is 0 Å². The largest absolute Gasteiger partial charge is 0.286 e. The first-order chi connectivity index (χ1) is 13.4. The van der Waals surface area contributed by atoms with Crippen molar-refractivity contribution in [2.24, 2.45) is 4.99 Å². The summed E-state index contributed by atoms with van der Waals surface area (Å²) in [5.41, 5.74) is 1.22. The van der Waals surface area contributed by atoms with E-state index in [0.717, 1.165) is 5.56 Å². The predicted octanol–water partition coefficient (Wildman–Crippen LogP) is 3.56. The second-order valence-corrected chi connectivity index (χ2v) is 6.99. The van der Waals surface area contributed by atoms with Crippen LogP contribution in [0.4, 0.5) is 11.4 Å². The van der Waals surface area contributed by atoms with Crippen molar-refractivity contribution in [2.75, 3.05) is 13.1 Å². The number of carbonyl (C=O) groups is 1. The lowest BCUT2D eigenvalue weighted by atomic mass is 10.1. The molecule has 1 aliphatic rings. The molecule has 144 valence electrons. The SMILES string of the molecule is Cc1c(C(=O)N2CCN=C2SCc2cccc([N+](=O)[O-])c2)cccc1[N+](=O)[O-]. The first-order valence-electron chi connectivity index (χ1n) is 8.35. The lowest BCUT2D eigenvalue weighted by Gasteiger charge is -2.19. The fourth-order valence-electron chi connectivity index (χ4n) is 2.84. The lowest BCUT2D eigenvalue weighted by molar-refractivity contribution is -0.385. The molecule has 0 bridgehead atoms. The van der Waals surface area contributed by atoms with E-state index in [4.69, 9.17) is 0 Å². The molecule has 1 heterocycles. The number of nitro benzene ring substituents is 2. The van der Waals surface area contributed by atoms with E-state index in [1.807, 2.05) is 0 Å². The van der Waals surface area contributed by atoms with Crippen LogP contribution < -0.4 is 0 Å². The number of rotatable bonds is 5. The van der Waals surface area contributed by atoms with E-state index in [1.54, 1.807) is 25.1 Å². The number of benzene rings is 2. The topological polar surface area (TPSA) is 119 Å². The van der Waals surface area contributed by atoms with E-state index in [-0.39, 0.29) is 22.8 Å². The third kappa shape index (κ3) is 4.01. The van der Waals surface area contributed by atoms with Gasteiger partial charge in [0.2, 0.25) is 0 Å². The molecule has 2 aromatic carbocycles. The van der Waals surface area contributed by atoms with Crippen molar-refractivity contribution >= 4 is 34.2 Å². The minimum Gasteiger partial charge on any atom is -0.286 e. The molecule has 10 heteroatoms. The van der Waals surface area contributed by atoms with E-state index < -0.39 is 9.85 Å². The number of hydrogen-bond acceptors (Lipinski definition) is 7. The third-order valence-electron chi connectivity index (χ3n) is 4.27. The molecule has 0 fully saturated rings. The fourth-order valence-corrected chi connectivity index (χ4v) is 3.83. The zero-order valence-electron chi connectivity index (χ0n) is 14.9. The highest BCUT2D eigenvalue weighted by atomic mass is 32.2. The molecule has 3 rings (SSSR count). The van der Waals surface area contributed by atoms with Gasteiger partial charge in [0.1, 0.15) is 0 Å². The number of nitro groups is 2. The van der Waals surface area contributed by atoms with Gasteiger partial charge in [-0.15, -0.1) is 0 Å². The van der Waals surface area contributed by atoms with Crippen LogP contribution >= 0.6 is 11.8 Å². The monoisotopic (exact) mass is 400 g/mol. The Morgan fingerprint density at radius 1 is 1.18 bits per heavy atom. The zero-order chi connectivity index (χ0) is 20.3. The number of aliphatic imine (C=N–C) groups is 1. The first kappa shape index (κ1) is 19.5. The van der Waals surface area contributed by atoms with Gasteiger partial charge in [-0.2, -0.15) is 0 Å². The Balaban J connectivity index is 1.75. The van der Waals surface area contributed by atoms with Crippen molar-refractivity contribution < 1.29 is 14.6 Å². The molecule has 0 radical (unpaired) electrons. The minimum atomic E-state index is -0.512. The summed E-state index contributed by atoms with van der Waals surface area (Å²) < 4.78 is 0. The van der Waals surface area contributed by atoms with Crippen molar-refractivity contribution in [3.63, 3.8) is 0 Å². The fraction of sp³-hybridized carbons (Fsp3) is 0.222. The number of nitrogens with zero attached hydrogens (tertiary/aromatic N) is 4. The van der Waals surface area contributed by atoms with Crippen LogP contribution in [0.3, 0.4) is 0 Å². The molecule has 9 nitrogen and oxygen atoms in total. The molecule has 0 atom stereocenters. The summed E-state index contributed by atoms with van der Waals surface area (Å²) in [6, 6.07) is 10.7. The van der Waals surface area contributed by atoms with E-state index >= 15 is 0 Å². The maximum absolute atomic E-state index is 12.9. The highest BCUT2D eigenvalue weighted by Gasteiger charge is 2.28. The Kier molecular flexibility index (Phi) is 5.69. The Bertz CT molecular complexity index is 992. The van der Waals surface area contributed by atoms with Gasteiger partial charge in [0, 0.05) is 41.6 Å². The highest BCUT2D eigenvalue weighted by Crippen LogP contribution is 2.26. The van der Waals surface area contributed by atoms with Gasteiger partial charge in [0.25, 0.3) is 17.3 Å². The second-order valence-electron chi connectivity index (χ2n) is 6.04. The summed E-state index contributed by atoms with van der Waals surface area (Å²) in [6.07, 6.45) is 0. The van der Waals surface area contributed by atoms with Crippen LogP contribution in [-0.4, -0.2) is 38.9 Å². The Morgan fingerprint density at radius 3 is 2.64 bits per heavy atom. The molecule has 1 amide bonds. The van der Waals surface area contributed by atoms with Gasteiger partial charge in [0.05, 0.1) is 16.4 Å². The Morgan fingerprint density at radius 2 is 1.93 bits per heavy atom. The summed E-state index contributed by atoms with van der Waals surface area (Å²) in [4.78, 5) is 39.8.